The summed E-state index contributed by atoms with van der Waals surface area (Å²) >= 11 is 13.5. The highest BCUT2D eigenvalue weighted by atomic mass is 35.5. The Hall–Kier alpha value is -0.540. The van der Waals surface area contributed by atoms with Crippen LogP contribution in [0.5, 0.6) is 0 Å². The molecule has 2 aromatic rings. The average Bonchev–Trinajstić information content (AvgIpc) is 2.59. The minimum Gasteiger partial charge on any atom is -0.383 e. The smallest absolute Gasteiger partial charge is 0.115 e. The standard InChI is InChI=1S/C12H10Cl2OS/c1-7-6-16-12(10(7)14)11(15)8-3-2-4-9(13)5-8/h2-6,11,15H,1H3. The zero-order valence-corrected chi connectivity index (χ0v) is 10.9. The summed E-state index contributed by atoms with van der Waals surface area (Å²) < 4.78 is 0. The largest absolute Gasteiger partial charge is 0.383 e. The second-order valence-electron chi connectivity index (χ2n) is 3.55. The lowest BCUT2D eigenvalue weighted by Crippen LogP contribution is -1.97. The summed E-state index contributed by atoms with van der Waals surface area (Å²) in [6, 6.07) is 7.17. The Morgan fingerprint density at radius 1 is 1.31 bits per heavy atom. The molecular weight excluding hydrogens is 263 g/mol. The van der Waals surface area contributed by atoms with Gasteiger partial charge in [0.05, 0.1) is 9.90 Å². The predicted octanol–water partition coefficient (Wildman–Crippen LogP) is 4.45. The van der Waals surface area contributed by atoms with Crippen molar-refractivity contribution in [2.24, 2.45) is 0 Å². The molecule has 0 aliphatic carbocycles. The molecule has 1 unspecified atom stereocenters. The maximum Gasteiger partial charge on any atom is 0.115 e. The lowest BCUT2D eigenvalue weighted by molar-refractivity contribution is 0.224. The molecule has 0 saturated heterocycles. The molecule has 0 fully saturated rings. The summed E-state index contributed by atoms with van der Waals surface area (Å²) in [6.45, 7) is 1.92. The van der Waals surface area contributed by atoms with Gasteiger partial charge in [0.1, 0.15) is 6.10 Å². The van der Waals surface area contributed by atoms with Gasteiger partial charge in [-0.3, -0.25) is 0 Å². The minimum absolute atomic E-state index is 0.612. The van der Waals surface area contributed by atoms with Crippen LogP contribution in [0.3, 0.4) is 0 Å². The van der Waals surface area contributed by atoms with Crippen molar-refractivity contribution in [3.8, 4) is 0 Å². The van der Waals surface area contributed by atoms with Crippen LogP contribution in [0.1, 0.15) is 22.1 Å². The highest BCUT2D eigenvalue weighted by Gasteiger charge is 2.17. The van der Waals surface area contributed by atoms with Crippen molar-refractivity contribution in [3.63, 3.8) is 0 Å². The van der Waals surface area contributed by atoms with Crippen molar-refractivity contribution in [1.29, 1.82) is 0 Å². The van der Waals surface area contributed by atoms with Gasteiger partial charge < -0.3 is 5.11 Å². The van der Waals surface area contributed by atoms with Gasteiger partial charge in [0.25, 0.3) is 0 Å². The van der Waals surface area contributed by atoms with E-state index in [-0.39, 0.29) is 0 Å². The zero-order chi connectivity index (χ0) is 11.7. The Bertz CT molecular complexity index is 507. The van der Waals surface area contributed by atoms with E-state index in [9.17, 15) is 5.11 Å². The summed E-state index contributed by atoms with van der Waals surface area (Å²) in [6.07, 6.45) is -0.704. The van der Waals surface area contributed by atoms with Crippen LogP contribution in [0.2, 0.25) is 10.0 Å². The molecule has 1 N–H and O–H groups in total. The summed E-state index contributed by atoms with van der Waals surface area (Å²) in [5.74, 6) is 0. The first-order valence-electron chi connectivity index (χ1n) is 4.76. The van der Waals surface area contributed by atoms with Gasteiger partial charge in [-0.05, 0) is 35.6 Å². The van der Waals surface area contributed by atoms with Crippen LogP contribution in [0.25, 0.3) is 0 Å². The number of rotatable bonds is 2. The Morgan fingerprint density at radius 2 is 2.06 bits per heavy atom. The number of hydrogen-bond acceptors (Lipinski definition) is 2. The monoisotopic (exact) mass is 272 g/mol. The molecule has 1 atom stereocenters. The molecule has 0 amide bonds. The Balaban J connectivity index is 2.39. The SMILES string of the molecule is Cc1csc(C(O)c2cccc(Cl)c2)c1Cl. The molecule has 1 aromatic carbocycles. The van der Waals surface area contributed by atoms with Crippen LogP contribution < -0.4 is 0 Å². The lowest BCUT2D eigenvalue weighted by Gasteiger charge is -2.10. The Labute approximate surface area is 108 Å². The predicted molar refractivity (Wildman–Crippen MR) is 69.6 cm³/mol. The first kappa shape index (κ1) is 11.9. The lowest BCUT2D eigenvalue weighted by atomic mass is 10.1. The molecule has 0 bridgehead atoms. The fraction of sp³-hybridized carbons (Fsp3) is 0.167. The van der Waals surface area contributed by atoms with Crippen molar-refractivity contribution in [3.05, 3.63) is 55.7 Å². The van der Waals surface area contributed by atoms with Crippen LogP contribution in [-0.2, 0) is 0 Å². The average molecular weight is 273 g/mol. The van der Waals surface area contributed by atoms with Gasteiger partial charge in [0, 0.05) is 5.02 Å². The van der Waals surface area contributed by atoms with Crippen LogP contribution >= 0.6 is 34.5 Å². The molecule has 0 spiro atoms. The molecular formula is C12H10Cl2OS. The maximum absolute atomic E-state index is 10.2. The minimum atomic E-state index is -0.704. The number of aliphatic hydroxyl groups excluding tert-OH is 1. The molecule has 84 valence electrons. The van der Waals surface area contributed by atoms with E-state index in [0.717, 1.165) is 16.0 Å². The molecule has 0 radical (unpaired) electrons. The van der Waals surface area contributed by atoms with Crippen molar-refractivity contribution >= 4 is 34.5 Å². The number of benzene rings is 1. The fourth-order valence-electron chi connectivity index (χ4n) is 1.46. The Morgan fingerprint density at radius 3 is 2.62 bits per heavy atom. The number of halogens is 2. The van der Waals surface area contributed by atoms with E-state index in [1.54, 1.807) is 12.1 Å². The van der Waals surface area contributed by atoms with Gasteiger partial charge in [0.15, 0.2) is 0 Å². The van der Waals surface area contributed by atoms with Crippen molar-refractivity contribution in [2.75, 3.05) is 0 Å². The molecule has 1 heterocycles. The van der Waals surface area contributed by atoms with Gasteiger partial charge in [0.2, 0.25) is 0 Å². The van der Waals surface area contributed by atoms with Crippen molar-refractivity contribution in [2.45, 2.75) is 13.0 Å². The first-order chi connectivity index (χ1) is 7.59. The van der Waals surface area contributed by atoms with E-state index < -0.39 is 6.10 Å². The third kappa shape index (κ3) is 2.25. The Kier molecular flexibility index (Phi) is 3.55. The number of hydrogen-bond donors (Lipinski definition) is 1. The van der Waals surface area contributed by atoms with Crippen molar-refractivity contribution in [1.82, 2.24) is 0 Å². The number of aliphatic hydroxyl groups is 1. The maximum atomic E-state index is 10.2. The molecule has 0 aliphatic heterocycles. The third-order valence-electron chi connectivity index (χ3n) is 2.34. The van der Waals surface area contributed by atoms with E-state index in [1.807, 2.05) is 24.4 Å². The van der Waals surface area contributed by atoms with E-state index in [0.29, 0.717) is 10.0 Å². The molecule has 4 heteroatoms. The van der Waals surface area contributed by atoms with E-state index in [1.165, 1.54) is 11.3 Å². The normalized spacial score (nSPS) is 12.8. The van der Waals surface area contributed by atoms with Gasteiger partial charge in [-0.15, -0.1) is 11.3 Å². The molecule has 0 saturated carbocycles. The molecule has 16 heavy (non-hydrogen) atoms. The van der Waals surface area contributed by atoms with Crippen LogP contribution in [0.15, 0.2) is 29.6 Å². The highest BCUT2D eigenvalue weighted by molar-refractivity contribution is 7.10. The van der Waals surface area contributed by atoms with Gasteiger partial charge >= 0.3 is 0 Å². The topological polar surface area (TPSA) is 20.2 Å². The molecule has 1 nitrogen and oxygen atoms in total. The van der Waals surface area contributed by atoms with E-state index in [4.69, 9.17) is 23.2 Å². The fourth-order valence-corrected chi connectivity index (χ4v) is 2.97. The number of thiophene rings is 1. The second kappa shape index (κ2) is 4.76. The quantitative estimate of drug-likeness (QED) is 0.857. The van der Waals surface area contributed by atoms with Crippen LogP contribution in [-0.4, -0.2) is 5.11 Å². The third-order valence-corrected chi connectivity index (χ3v) is 4.34. The van der Waals surface area contributed by atoms with Gasteiger partial charge in [-0.25, -0.2) is 0 Å². The molecule has 1 aromatic heterocycles. The van der Waals surface area contributed by atoms with E-state index >= 15 is 0 Å². The van der Waals surface area contributed by atoms with Gasteiger partial charge in [-0.1, -0.05) is 35.3 Å². The molecule has 2 rings (SSSR count). The summed E-state index contributed by atoms with van der Waals surface area (Å²) in [5, 5.41) is 13.4. The first-order valence-corrected chi connectivity index (χ1v) is 6.40. The second-order valence-corrected chi connectivity index (χ2v) is 5.28. The molecule has 0 aliphatic rings. The van der Waals surface area contributed by atoms with Crippen LogP contribution in [0.4, 0.5) is 0 Å². The van der Waals surface area contributed by atoms with Gasteiger partial charge in [-0.2, -0.15) is 0 Å². The summed E-state index contributed by atoms with van der Waals surface area (Å²) in [5.41, 5.74) is 1.75. The highest BCUT2D eigenvalue weighted by Crippen LogP contribution is 2.36. The zero-order valence-electron chi connectivity index (χ0n) is 8.58. The summed E-state index contributed by atoms with van der Waals surface area (Å²) in [7, 11) is 0. The van der Waals surface area contributed by atoms with E-state index in [2.05, 4.69) is 0 Å². The summed E-state index contributed by atoms with van der Waals surface area (Å²) in [4.78, 5) is 0.765. The number of aryl methyl sites for hydroxylation is 1. The van der Waals surface area contributed by atoms with Crippen LogP contribution in [0, 0.1) is 6.92 Å². The van der Waals surface area contributed by atoms with Crippen molar-refractivity contribution < 1.29 is 5.11 Å².